The molecule has 0 saturated heterocycles. The highest BCUT2D eigenvalue weighted by Crippen LogP contribution is 2.27. The van der Waals surface area contributed by atoms with E-state index in [1.54, 1.807) is 13.2 Å². The summed E-state index contributed by atoms with van der Waals surface area (Å²) < 4.78 is 5.33. The van der Waals surface area contributed by atoms with Gasteiger partial charge in [0, 0.05) is 18.2 Å². The minimum Gasteiger partial charge on any atom is -0.496 e. The number of hydrogen-bond donors (Lipinski definition) is 4. The monoisotopic (exact) mass is 458 g/mol. The van der Waals surface area contributed by atoms with E-state index in [-0.39, 0.29) is 17.4 Å². The standard InChI is InChI=1S/C26H30N6O2/c1-16-7-12-20(21(13-16)34-2)26(33)29-14-17-8-10-18(11-9-17)23(27)22-24(28)30-15-31-25(22)32-19-5-3-4-6-19/h7-13,15,19,27H,3-6,14H2,1-2H3,(H,29,33)(H3,28,30,31,32). The zero-order valence-electron chi connectivity index (χ0n) is 19.5. The number of aryl methyl sites for hydroxylation is 1. The summed E-state index contributed by atoms with van der Waals surface area (Å²) in [6.07, 6.45) is 5.99. The van der Waals surface area contributed by atoms with Crippen LogP contribution in [0.5, 0.6) is 5.75 Å². The van der Waals surface area contributed by atoms with E-state index in [2.05, 4.69) is 20.6 Å². The molecule has 5 N–H and O–H groups in total. The minimum atomic E-state index is -0.203. The molecule has 0 unspecified atom stereocenters. The Labute approximate surface area is 199 Å². The maximum atomic E-state index is 12.6. The molecule has 176 valence electrons. The summed E-state index contributed by atoms with van der Waals surface area (Å²) in [4.78, 5) is 21.1. The van der Waals surface area contributed by atoms with E-state index in [1.165, 1.54) is 19.2 Å². The fraction of sp³-hybridized carbons (Fsp3) is 0.308. The number of nitrogens with two attached hydrogens (primary N) is 1. The molecule has 4 rings (SSSR count). The van der Waals surface area contributed by atoms with Gasteiger partial charge in [-0.3, -0.25) is 10.2 Å². The molecule has 1 amide bonds. The Hall–Kier alpha value is -3.94. The van der Waals surface area contributed by atoms with Crippen molar-refractivity contribution in [1.82, 2.24) is 15.3 Å². The van der Waals surface area contributed by atoms with Gasteiger partial charge in [0.25, 0.3) is 5.91 Å². The molecule has 1 saturated carbocycles. The maximum absolute atomic E-state index is 12.6. The van der Waals surface area contributed by atoms with E-state index in [0.717, 1.165) is 24.0 Å². The number of carbonyl (C=O) groups is 1. The lowest BCUT2D eigenvalue weighted by atomic mass is 10.0. The third-order valence-electron chi connectivity index (χ3n) is 6.12. The van der Waals surface area contributed by atoms with Crippen LogP contribution >= 0.6 is 0 Å². The highest BCUT2D eigenvalue weighted by molar-refractivity contribution is 6.16. The van der Waals surface area contributed by atoms with Gasteiger partial charge >= 0.3 is 0 Å². The molecular formula is C26H30N6O2. The van der Waals surface area contributed by atoms with Gasteiger partial charge in [-0.05, 0) is 43.0 Å². The van der Waals surface area contributed by atoms with Crippen LogP contribution in [0.15, 0.2) is 48.8 Å². The average molecular weight is 459 g/mol. The molecule has 34 heavy (non-hydrogen) atoms. The molecule has 1 heterocycles. The summed E-state index contributed by atoms with van der Waals surface area (Å²) >= 11 is 0. The summed E-state index contributed by atoms with van der Waals surface area (Å²) in [5.74, 6) is 1.23. The molecular weight excluding hydrogens is 428 g/mol. The molecule has 1 aromatic heterocycles. The number of rotatable bonds is 8. The van der Waals surface area contributed by atoms with Gasteiger partial charge in [-0.25, -0.2) is 9.97 Å². The van der Waals surface area contributed by atoms with Crippen LogP contribution in [0.4, 0.5) is 11.6 Å². The summed E-state index contributed by atoms with van der Waals surface area (Å²) in [7, 11) is 1.55. The van der Waals surface area contributed by atoms with Gasteiger partial charge in [0.1, 0.15) is 23.7 Å². The SMILES string of the molecule is COc1cc(C)ccc1C(=O)NCc1ccc(C(=N)c2c(N)ncnc2NC2CCCC2)cc1. The van der Waals surface area contributed by atoms with Gasteiger partial charge in [0.2, 0.25) is 0 Å². The molecule has 0 atom stereocenters. The van der Waals surface area contributed by atoms with Gasteiger partial charge in [0.15, 0.2) is 0 Å². The van der Waals surface area contributed by atoms with Crippen molar-refractivity contribution in [3.63, 3.8) is 0 Å². The predicted molar refractivity (Wildman–Crippen MR) is 134 cm³/mol. The van der Waals surface area contributed by atoms with Gasteiger partial charge in [-0.1, -0.05) is 43.2 Å². The van der Waals surface area contributed by atoms with Crippen LogP contribution in [0.3, 0.4) is 0 Å². The maximum Gasteiger partial charge on any atom is 0.255 e. The van der Waals surface area contributed by atoms with E-state index in [0.29, 0.717) is 40.8 Å². The highest BCUT2D eigenvalue weighted by Gasteiger charge is 2.21. The zero-order valence-corrected chi connectivity index (χ0v) is 19.5. The molecule has 1 fully saturated rings. The van der Waals surface area contributed by atoms with Crippen molar-refractivity contribution in [1.29, 1.82) is 5.41 Å². The van der Waals surface area contributed by atoms with Crippen molar-refractivity contribution < 1.29 is 9.53 Å². The van der Waals surface area contributed by atoms with Crippen molar-refractivity contribution in [2.24, 2.45) is 0 Å². The lowest BCUT2D eigenvalue weighted by Gasteiger charge is -2.17. The first-order chi connectivity index (χ1) is 16.5. The highest BCUT2D eigenvalue weighted by atomic mass is 16.5. The lowest BCUT2D eigenvalue weighted by Crippen LogP contribution is -2.23. The normalized spacial score (nSPS) is 13.5. The fourth-order valence-electron chi connectivity index (χ4n) is 4.22. The van der Waals surface area contributed by atoms with Crippen molar-refractivity contribution in [3.8, 4) is 5.75 Å². The lowest BCUT2D eigenvalue weighted by molar-refractivity contribution is 0.0948. The first-order valence-corrected chi connectivity index (χ1v) is 11.4. The Kier molecular flexibility index (Phi) is 7.06. The third kappa shape index (κ3) is 5.17. The Morgan fingerprint density at radius 1 is 1.15 bits per heavy atom. The number of hydrogen-bond acceptors (Lipinski definition) is 7. The first kappa shape index (κ1) is 23.2. The molecule has 8 heteroatoms. The summed E-state index contributed by atoms with van der Waals surface area (Å²) in [5, 5.41) is 15.1. The molecule has 0 bridgehead atoms. The summed E-state index contributed by atoms with van der Waals surface area (Å²) in [5.41, 5.74) is 10.1. The van der Waals surface area contributed by atoms with E-state index in [1.807, 2.05) is 43.3 Å². The minimum absolute atomic E-state index is 0.203. The Balaban J connectivity index is 1.45. The van der Waals surface area contributed by atoms with Gasteiger partial charge in [0.05, 0.1) is 23.9 Å². The third-order valence-corrected chi connectivity index (χ3v) is 6.12. The number of anilines is 2. The molecule has 1 aliphatic rings. The number of methoxy groups -OCH3 is 1. The number of amides is 1. The van der Waals surface area contributed by atoms with Crippen molar-refractivity contribution in [3.05, 3.63) is 76.6 Å². The second-order valence-corrected chi connectivity index (χ2v) is 8.57. The van der Waals surface area contributed by atoms with Gasteiger partial charge < -0.3 is 21.1 Å². The first-order valence-electron chi connectivity index (χ1n) is 11.4. The molecule has 3 aromatic rings. The zero-order chi connectivity index (χ0) is 24.1. The van der Waals surface area contributed by atoms with Crippen LogP contribution < -0.4 is 21.1 Å². The van der Waals surface area contributed by atoms with Crippen LogP contribution in [0.1, 0.15) is 58.3 Å². The second kappa shape index (κ2) is 10.3. The average Bonchev–Trinajstić information content (AvgIpc) is 3.35. The Morgan fingerprint density at radius 3 is 2.59 bits per heavy atom. The molecule has 8 nitrogen and oxygen atoms in total. The molecule has 1 aliphatic carbocycles. The second-order valence-electron chi connectivity index (χ2n) is 8.57. The topological polar surface area (TPSA) is 126 Å². The van der Waals surface area contributed by atoms with Crippen LogP contribution in [0.2, 0.25) is 0 Å². The summed E-state index contributed by atoms with van der Waals surface area (Å²) in [6, 6.07) is 13.3. The number of ether oxygens (including phenoxy) is 1. The van der Waals surface area contributed by atoms with E-state index in [9.17, 15) is 4.79 Å². The van der Waals surface area contributed by atoms with Crippen molar-refractivity contribution in [2.45, 2.75) is 45.2 Å². The Morgan fingerprint density at radius 2 is 1.88 bits per heavy atom. The van der Waals surface area contributed by atoms with Crippen LogP contribution in [0.25, 0.3) is 0 Å². The number of nitrogens with zero attached hydrogens (tertiary/aromatic N) is 2. The van der Waals surface area contributed by atoms with Crippen LogP contribution in [-0.2, 0) is 6.54 Å². The summed E-state index contributed by atoms with van der Waals surface area (Å²) in [6.45, 7) is 2.31. The van der Waals surface area contributed by atoms with Gasteiger partial charge in [-0.2, -0.15) is 0 Å². The molecule has 0 aliphatic heterocycles. The quantitative estimate of drug-likeness (QED) is 0.377. The number of aromatic nitrogens is 2. The fourth-order valence-corrected chi connectivity index (χ4v) is 4.22. The van der Waals surface area contributed by atoms with Crippen LogP contribution in [-0.4, -0.2) is 34.7 Å². The van der Waals surface area contributed by atoms with E-state index < -0.39 is 0 Å². The number of nitrogens with one attached hydrogen (secondary N) is 3. The van der Waals surface area contributed by atoms with Crippen molar-refractivity contribution in [2.75, 3.05) is 18.2 Å². The molecule has 2 aromatic carbocycles. The smallest absolute Gasteiger partial charge is 0.255 e. The Bertz CT molecular complexity index is 1190. The van der Waals surface area contributed by atoms with E-state index in [4.69, 9.17) is 15.9 Å². The predicted octanol–water partition coefficient (Wildman–Crippen LogP) is 4.08. The van der Waals surface area contributed by atoms with Gasteiger partial charge in [-0.15, -0.1) is 0 Å². The largest absolute Gasteiger partial charge is 0.496 e. The van der Waals surface area contributed by atoms with Crippen molar-refractivity contribution >= 4 is 23.3 Å². The molecule has 0 radical (unpaired) electrons. The molecule has 0 spiro atoms. The van der Waals surface area contributed by atoms with Crippen LogP contribution in [0, 0.1) is 12.3 Å². The number of benzene rings is 2. The number of carbonyl (C=O) groups excluding carboxylic acids is 1. The number of nitrogen functional groups attached to an aromatic ring is 1. The van der Waals surface area contributed by atoms with E-state index >= 15 is 0 Å².